The van der Waals surface area contributed by atoms with Crippen LogP contribution in [-0.2, 0) is 0 Å². The van der Waals surface area contributed by atoms with Crippen molar-refractivity contribution >= 4 is 27.5 Å². The van der Waals surface area contributed by atoms with Crippen LogP contribution >= 0.6 is 27.5 Å². The Balaban J connectivity index is 3.17. The smallest absolute Gasteiger partial charge is 0.0582 e. The van der Waals surface area contributed by atoms with Crippen molar-refractivity contribution in [2.45, 2.75) is 12.8 Å². The third-order valence-corrected chi connectivity index (χ3v) is 2.82. The molecule has 0 saturated heterocycles. The second kappa shape index (κ2) is 3.59. The molecule has 59 valence electrons. The van der Waals surface area contributed by atoms with Gasteiger partial charge >= 0.3 is 0 Å². The molecule has 11 heavy (non-hydrogen) atoms. The van der Waals surface area contributed by atoms with Gasteiger partial charge in [-0.05, 0) is 40.4 Å². The minimum Gasteiger partial charge on any atom is -0.0828 e. The number of hydrogen-bond acceptors (Lipinski definition) is 0. The van der Waals surface area contributed by atoms with E-state index in [4.69, 9.17) is 11.6 Å². The van der Waals surface area contributed by atoms with E-state index in [0.29, 0.717) is 0 Å². The van der Waals surface area contributed by atoms with Gasteiger partial charge in [-0.2, -0.15) is 0 Å². The van der Waals surface area contributed by atoms with Crippen LogP contribution in [0.2, 0.25) is 5.02 Å². The average molecular weight is 233 g/mol. The summed E-state index contributed by atoms with van der Waals surface area (Å²) in [6.07, 6.45) is 0. The van der Waals surface area contributed by atoms with Crippen molar-refractivity contribution in [3.8, 4) is 0 Å². The third kappa shape index (κ3) is 1.97. The number of rotatable bonds is 1. The highest BCUT2D eigenvalue weighted by atomic mass is 79.9. The van der Waals surface area contributed by atoms with Crippen LogP contribution in [0.5, 0.6) is 0 Å². The van der Waals surface area contributed by atoms with Gasteiger partial charge < -0.3 is 0 Å². The zero-order chi connectivity index (χ0) is 8.43. The lowest BCUT2D eigenvalue weighted by molar-refractivity contribution is 0.963. The van der Waals surface area contributed by atoms with Crippen LogP contribution in [0, 0.1) is 6.92 Å². The summed E-state index contributed by atoms with van der Waals surface area (Å²) in [6.45, 7) is 5.93. The van der Waals surface area contributed by atoms with E-state index in [1.165, 1.54) is 0 Å². The van der Waals surface area contributed by atoms with Gasteiger partial charge in [-0.3, -0.25) is 0 Å². The fourth-order valence-corrected chi connectivity index (χ4v) is 1.59. The van der Waals surface area contributed by atoms with Crippen LogP contribution < -0.4 is 0 Å². The van der Waals surface area contributed by atoms with Crippen molar-refractivity contribution < 1.29 is 0 Å². The Kier molecular flexibility index (Phi) is 2.97. The Hall–Kier alpha value is -0.0100. The Morgan fingerprint density at radius 3 is 2.64 bits per heavy atom. The molecule has 2 heteroatoms. The molecule has 0 amide bonds. The zero-order valence-electron chi connectivity index (χ0n) is 6.27. The standard InChI is InChI=1S/C9H9BrCl/c1-6(2)7-4-3-5-8(10)9(7)11/h3-6H,1H2,2H3. The van der Waals surface area contributed by atoms with E-state index >= 15 is 0 Å². The maximum absolute atomic E-state index is 6.00. The maximum Gasteiger partial charge on any atom is 0.0582 e. The summed E-state index contributed by atoms with van der Waals surface area (Å²) in [6, 6.07) is 5.88. The lowest BCUT2D eigenvalue weighted by atomic mass is 10.0. The van der Waals surface area contributed by atoms with Crippen molar-refractivity contribution in [2.75, 3.05) is 0 Å². The van der Waals surface area contributed by atoms with Crippen molar-refractivity contribution in [3.05, 3.63) is 40.2 Å². The molecule has 1 aromatic carbocycles. The molecule has 0 aliphatic carbocycles. The summed E-state index contributed by atoms with van der Waals surface area (Å²) in [5.74, 6) is 0.236. The molecule has 1 radical (unpaired) electrons. The molecular formula is C9H9BrCl. The Morgan fingerprint density at radius 1 is 1.55 bits per heavy atom. The Labute approximate surface area is 80.7 Å². The summed E-state index contributed by atoms with van der Waals surface area (Å²) >= 11 is 9.36. The normalized spacial score (nSPS) is 10.6. The summed E-state index contributed by atoms with van der Waals surface area (Å²) in [5.41, 5.74) is 1.08. The van der Waals surface area contributed by atoms with Crippen LogP contribution in [0.1, 0.15) is 18.4 Å². The first-order valence-electron chi connectivity index (χ1n) is 3.40. The largest absolute Gasteiger partial charge is 0.0828 e. The topological polar surface area (TPSA) is 0 Å². The molecule has 0 heterocycles. The number of hydrogen-bond donors (Lipinski definition) is 0. The number of halogens is 2. The summed E-state index contributed by atoms with van der Waals surface area (Å²) in [5, 5.41) is 0.773. The first-order valence-corrected chi connectivity index (χ1v) is 4.57. The van der Waals surface area contributed by atoms with E-state index in [1.54, 1.807) is 0 Å². The molecule has 1 atom stereocenters. The fourth-order valence-electron chi connectivity index (χ4n) is 0.901. The highest BCUT2D eigenvalue weighted by molar-refractivity contribution is 9.10. The molecule has 0 spiro atoms. The van der Waals surface area contributed by atoms with E-state index in [0.717, 1.165) is 15.1 Å². The molecule has 0 fully saturated rings. The molecule has 0 nitrogen and oxygen atoms in total. The van der Waals surface area contributed by atoms with Crippen LogP contribution in [0.15, 0.2) is 22.7 Å². The molecular weight excluding hydrogens is 223 g/mol. The third-order valence-electron chi connectivity index (χ3n) is 1.51. The van der Waals surface area contributed by atoms with Crippen molar-refractivity contribution in [1.29, 1.82) is 0 Å². The molecule has 0 bridgehead atoms. The summed E-state index contributed by atoms with van der Waals surface area (Å²) < 4.78 is 0.937. The molecule has 0 N–H and O–H groups in total. The zero-order valence-corrected chi connectivity index (χ0v) is 8.61. The highest BCUT2D eigenvalue weighted by Gasteiger charge is 2.06. The lowest BCUT2D eigenvalue weighted by Crippen LogP contribution is -1.88. The monoisotopic (exact) mass is 231 g/mol. The SMILES string of the molecule is [CH2]C(C)c1cccc(Br)c1Cl. The van der Waals surface area contributed by atoms with Gasteiger partial charge in [0.05, 0.1) is 5.02 Å². The fraction of sp³-hybridized carbons (Fsp3) is 0.222. The molecule has 0 saturated carbocycles. The van der Waals surface area contributed by atoms with Gasteiger partial charge in [0.25, 0.3) is 0 Å². The second-order valence-electron chi connectivity index (χ2n) is 2.54. The molecule has 0 aliphatic rings. The van der Waals surface area contributed by atoms with Crippen LogP contribution in [0.25, 0.3) is 0 Å². The number of benzene rings is 1. The predicted molar refractivity (Wildman–Crippen MR) is 52.9 cm³/mol. The van der Waals surface area contributed by atoms with E-state index in [9.17, 15) is 0 Å². The second-order valence-corrected chi connectivity index (χ2v) is 3.78. The van der Waals surface area contributed by atoms with Gasteiger partial charge in [-0.25, -0.2) is 0 Å². The van der Waals surface area contributed by atoms with Gasteiger partial charge in [0, 0.05) is 4.47 Å². The van der Waals surface area contributed by atoms with Crippen molar-refractivity contribution in [3.63, 3.8) is 0 Å². The molecule has 0 aliphatic heterocycles. The van der Waals surface area contributed by atoms with Gasteiger partial charge in [-0.15, -0.1) is 0 Å². The molecule has 1 unspecified atom stereocenters. The molecule has 1 rings (SSSR count). The molecule has 0 aromatic heterocycles. The lowest BCUT2D eigenvalue weighted by Gasteiger charge is -2.07. The predicted octanol–water partition coefficient (Wildman–Crippen LogP) is 4.04. The van der Waals surface area contributed by atoms with Crippen molar-refractivity contribution in [2.24, 2.45) is 0 Å². The molecule has 1 aromatic rings. The Bertz CT molecular complexity index is 256. The van der Waals surface area contributed by atoms with E-state index in [1.807, 2.05) is 25.1 Å². The first-order chi connectivity index (χ1) is 5.13. The van der Waals surface area contributed by atoms with Crippen LogP contribution in [-0.4, -0.2) is 0 Å². The van der Waals surface area contributed by atoms with Gasteiger partial charge in [-0.1, -0.05) is 30.7 Å². The summed E-state index contributed by atoms with van der Waals surface area (Å²) in [7, 11) is 0. The van der Waals surface area contributed by atoms with Crippen LogP contribution in [0.3, 0.4) is 0 Å². The Morgan fingerprint density at radius 2 is 2.18 bits per heavy atom. The van der Waals surface area contributed by atoms with E-state index in [2.05, 4.69) is 22.9 Å². The van der Waals surface area contributed by atoms with Gasteiger partial charge in [0.15, 0.2) is 0 Å². The summed E-state index contributed by atoms with van der Waals surface area (Å²) in [4.78, 5) is 0. The average Bonchev–Trinajstić information content (AvgIpc) is 1.94. The highest BCUT2D eigenvalue weighted by Crippen LogP contribution is 2.30. The van der Waals surface area contributed by atoms with Crippen LogP contribution in [0.4, 0.5) is 0 Å². The minimum absolute atomic E-state index is 0.236. The van der Waals surface area contributed by atoms with Gasteiger partial charge in [0.1, 0.15) is 0 Å². The van der Waals surface area contributed by atoms with E-state index < -0.39 is 0 Å². The quantitative estimate of drug-likeness (QED) is 0.685. The first kappa shape index (κ1) is 9.08. The van der Waals surface area contributed by atoms with Crippen molar-refractivity contribution in [1.82, 2.24) is 0 Å². The maximum atomic E-state index is 6.00. The van der Waals surface area contributed by atoms with Gasteiger partial charge in [0.2, 0.25) is 0 Å². The minimum atomic E-state index is 0.236. The van der Waals surface area contributed by atoms with E-state index in [-0.39, 0.29) is 5.92 Å².